The monoisotopic (exact) mass is 310 g/mol. The first kappa shape index (κ1) is 15.4. The summed E-state index contributed by atoms with van der Waals surface area (Å²) in [7, 11) is -2.29. The number of hydrogen-bond acceptors (Lipinski definition) is 5. The van der Waals surface area contributed by atoms with E-state index in [9.17, 15) is 8.42 Å². The predicted molar refractivity (Wildman–Crippen MR) is 79.9 cm³/mol. The quantitative estimate of drug-likeness (QED) is 0.819. The fraction of sp³-hybridized carbons (Fsp3) is 0.286. The number of methoxy groups -OCH3 is 1. The number of ether oxygens (including phenoxy) is 1. The van der Waals surface area contributed by atoms with Gasteiger partial charge in [0.15, 0.2) is 0 Å². The molecule has 1 aromatic carbocycles. The molecule has 6 nitrogen and oxygen atoms in total. The van der Waals surface area contributed by atoms with E-state index in [2.05, 4.69) is 10.0 Å². The second-order valence-corrected chi connectivity index (χ2v) is 5.92. The Labute approximate surface area is 124 Å². The Bertz CT molecular complexity index is 695. The number of para-hydroxylation sites is 2. The molecule has 0 fully saturated rings. The maximum absolute atomic E-state index is 12.3. The third kappa shape index (κ3) is 3.77. The highest BCUT2D eigenvalue weighted by Crippen LogP contribution is 2.26. The number of nitrogens with one attached hydrogen (secondary N) is 2. The molecule has 0 saturated heterocycles. The lowest BCUT2D eigenvalue weighted by Crippen LogP contribution is -2.13. The number of hydrogen-bond donors (Lipinski definition) is 2. The first-order valence-corrected chi connectivity index (χ1v) is 8.00. The standard InChI is InChI=1S/C14H18N2O4S/c1-3-15-10-11-8-9-14(20-11)21(17,18)16-12-6-4-5-7-13(12)19-2/h4-9,15-16H,3,10H2,1-2H3. The van der Waals surface area contributed by atoms with Crippen molar-refractivity contribution in [1.82, 2.24) is 5.32 Å². The summed E-state index contributed by atoms with van der Waals surface area (Å²) in [6.07, 6.45) is 0. The summed E-state index contributed by atoms with van der Waals surface area (Å²) < 4.78 is 37.5. The maximum Gasteiger partial charge on any atom is 0.295 e. The lowest BCUT2D eigenvalue weighted by Gasteiger charge is -2.09. The molecule has 2 rings (SSSR count). The largest absolute Gasteiger partial charge is 0.495 e. The molecule has 114 valence electrons. The molecule has 0 atom stereocenters. The van der Waals surface area contributed by atoms with Crippen LogP contribution in [0.4, 0.5) is 5.69 Å². The number of benzene rings is 1. The molecule has 0 aliphatic heterocycles. The van der Waals surface area contributed by atoms with Crippen LogP contribution in [-0.4, -0.2) is 22.1 Å². The molecular weight excluding hydrogens is 292 g/mol. The van der Waals surface area contributed by atoms with Gasteiger partial charge in [0.05, 0.1) is 19.3 Å². The minimum Gasteiger partial charge on any atom is -0.495 e. The van der Waals surface area contributed by atoms with Crippen molar-refractivity contribution in [2.75, 3.05) is 18.4 Å². The molecule has 0 unspecified atom stereocenters. The van der Waals surface area contributed by atoms with Crippen LogP contribution >= 0.6 is 0 Å². The van der Waals surface area contributed by atoms with Crippen molar-refractivity contribution in [1.29, 1.82) is 0 Å². The molecule has 2 N–H and O–H groups in total. The third-order valence-electron chi connectivity index (χ3n) is 2.80. The summed E-state index contributed by atoms with van der Waals surface area (Å²) in [5.41, 5.74) is 0.365. The van der Waals surface area contributed by atoms with Crippen molar-refractivity contribution in [3.05, 3.63) is 42.2 Å². The van der Waals surface area contributed by atoms with Crippen LogP contribution in [0.1, 0.15) is 12.7 Å². The summed E-state index contributed by atoms with van der Waals surface area (Å²) in [6, 6.07) is 9.86. The molecule has 0 bridgehead atoms. The van der Waals surface area contributed by atoms with Gasteiger partial charge in [0.2, 0.25) is 5.09 Å². The molecule has 2 aromatic rings. The van der Waals surface area contributed by atoms with E-state index in [1.54, 1.807) is 30.3 Å². The first-order chi connectivity index (χ1) is 10.1. The van der Waals surface area contributed by atoms with E-state index < -0.39 is 10.0 Å². The second-order valence-electron chi connectivity index (χ2n) is 4.31. The fourth-order valence-corrected chi connectivity index (χ4v) is 2.79. The van der Waals surface area contributed by atoms with Gasteiger partial charge >= 0.3 is 0 Å². The van der Waals surface area contributed by atoms with E-state index in [4.69, 9.17) is 9.15 Å². The Hall–Kier alpha value is -1.99. The average molecular weight is 310 g/mol. The molecule has 21 heavy (non-hydrogen) atoms. The van der Waals surface area contributed by atoms with Crippen LogP contribution in [0, 0.1) is 0 Å². The van der Waals surface area contributed by atoms with Gasteiger partial charge in [0.1, 0.15) is 11.5 Å². The van der Waals surface area contributed by atoms with Gasteiger partial charge < -0.3 is 14.5 Å². The maximum atomic E-state index is 12.3. The minimum absolute atomic E-state index is 0.124. The van der Waals surface area contributed by atoms with E-state index in [0.29, 0.717) is 23.7 Å². The van der Waals surface area contributed by atoms with Crippen molar-refractivity contribution < 1.29 is 17.6 Å². The summed E-state index contributed by atoms with van der Waals surface area (Å²) in [5.74, 6) is 1.01. The molecule has 0 radical (unpaired) electrons. The van der Waals surface area contributed by atoms with Crippen LogP contribution < -0.4 is 14.8 Å². The van der Waals surface area contributed by atoms with Gasteiger partial charge in [-0.2, -0.15) is 8.42 Å². The van der Waals surface area contributed by atoms with Crippen molar-refractivity contribution in [2.45, 2.75) is 18.6 Å². The van der Waals surface area contributed by atoms with Crippen LogP contribution in [0.3, 0.4) is 0 Å². The lowest BCUT2D eigenvalue weighted by atomic mass is 10.3. The Morgan fingerprint density at radius 3 is 2.67 bits per heavy atom. The summed E-state index contributed by atoms with van der Waals surface area (Å²) in [6.45, 7) is 3.23. The van der Waals surface area contributed by atoms with Gasteiger partial charge in [-0.25, -0.2) is 0 Å². The molecule has 1 heterocycles. The predicted octanol–water partition coefficient (Wildman–Crippen LogP) is 2.20. The zero-order chi connectivity index (χ0) is 15.3. The molecule has 0 amide bonds. The van der Waals surface area contributed by atoms with Crippen molar-refractivity contribution in [3.63, 3.8) is 0 Å². The van der Waals surface area contributed by atoms with Crippen LogP contribution in [0.15, 0.2) is 45.9 Å². The summed E-state index contributed by atoms with van der Waals surface area (Å²) in [5, 5.41) is 2.94. The number of rotatable bonds is 7. The molecule has 1 aromatic heterocycles. The van der Waals surface area contributed by atoms with E-state index >= 15 is 0 Å². The first-order valence-electron chi connectivity index (χ1n) is 6.52. The smallest absolute Gasteiger partial charge is 0.295 e. The molecule has 0 aliphatic carbocycles. The van der Waals surface area contributed by atoms with Gasteiger partial charge in [-0.1, -0.05) is 19.1 Å². The zero-order valence-corrected chi connectivity index (χ0v) is 12.7. The minimum atomic E-state index is -3.77. The van der Waals surface area contributed by atoms with Gasteiger partial charge in [-0.15, -0.1) is 0 Å². The van der Waals surface area contributed by atoms with Crippen molar-refractivity contribution in [3.8, 4) is 5.75 Å². The van der Waals surface area contributed by atoms with Crippen LogP contribution in [0.5, 0.6) is 5.75 Å². The average Bonchev–Trinajstić information content (AvgIpc) is 2.95. The Morgan fingerprint density at radius 1 is 1.19 bits per heavy atom. The Morgan fingerprint density at radius 2 is 1.95 bits per heavy atom. The van der Waals surface area contributed by atoms with Crippen molar-refractivity contribution >= 4 is 15.7 Å². The van der Waals surface area contributed by atoms with Gasteiger partial charge in [-0.3, -0.25) is 4.72 Å². The van der Waals surface area contributed by atoms with E-state index in [-0.39, 0.29) is 5.09 Å². The van der Waals surface area contributed by atoms with Gasteiger partial charge in [-0.05, 0) is 30.8 Å². The third-order valence-corrected chi connectivity index (χ3v) is 4.04. The highest BCUT2D eigenvalue weighted by Gasteiger charge is 2.20. The zero-order valence-electron chi connectivity index (χ0n) is 11.9. The van der Waals surface area contributed by atoms with Crippen LogP contribution in [-0.2, 0) is 16.6 Å². The molecule has 0 saturated carbocycles. The molecular formula is C14H18N2O4S. The van der Waals surface area contributed by atoms with Crippen LogP contribution in [0.25, 0.3) is 0 Å². The fourth-order valence-electron chi connectivity index (χ4n) is 1.77. The van der Waals surface area contributed by atoms with Crippen LogP contribution in [0.2, 0.25) is 0 Å². The number of furan rings is 1. The summed E-state index contributed by atoms with van der Waals surface area (Å²) >= 11 is 0. The topological polar surface area (TPSA) is 80.6 Å². The Kier molecular flexibility index (Phi) is 4.87. The highest BCUT2D eigenvalue weighted by atomic mass is 32.2. The summed E-state index contributed by atoms with van der Waals surface area (Å²) in [4.78, 5) is 0. The van der Waals surface area contributed by atoms with E-state index in [1.165, 1.54) is 13.2 Å². The van der Waals surface area contributed by atoms with Gasteiger partial charge in [0.25, 0.3) is 10.0 Å². The normalized spacial score (nSPS) is 11.3. The Balaban J connectivity index is 2.20. The van der Waals surface area contributed by atoms with Crippen molar-refractivity contribution in [2.24, 2.45) is 0 Å². The molecule has 0 aliphatic rings. The number of anilines is 1. The molecule has 0 spiro atoms. The number of sulfonamides is 1. The lowest BCUT2D eigenvalue weighted by molar-refractivity contribution is 0.404. The van der Waals surface area contributed by atoms with E-state index in [1.807, 2.05) is 6.92 Å². The molecule has 7 heteroatoms. The van der Waals surface area contributed by atoms with Gasteiger partial charge in [0, 0.05) is 0 Å². The highest BCUT2D eigenvalue weighted by molar-refractivity contribution is 7.92. The van der Waals surface area contributed by atoms with E-state index in [0.717, 1.165) is 6.54 Å². The second kappa shape index (κ2) is 6.64. The SMILES string of the molecule is CCNCc1ccc(S(=O)(=O)Nc2ccccc2OC)o1.